The van der Waals surface area contributed by atoms with E-state index in [0.29, 0.717) is 10.8 Å². The van der Waals surface area contributed by atoms with Gasteiger partial charge in [-0.3, -0.25) is 5.10 Å². The zero-order chi connectivity index (χ0) is 18.7. The molecule has 0 saturated heterocycles. The summed E-state index contributed by atoms with van der Waals surface area (Å²) in [5.41, 5.74) is 2.81. The van der Waals surface area contributed by atoms with Gasteiger partial charge in [0.1, 0.15) is 5.03 Å². The van der Waals surface area contributed by atoms with Crippen LogP contribution in [-0.4, -0.2) is 41.2 Å². The molecule has 1 aromatic heterocycles. The van der Waals surface area contributed by atoms with Gasteiger partial charge in [0.25, 0.3) is 0 Å². The van der Waals surface area contributed by atoms with Gasteiger partial charge < -0.3 is 5.11 Å². The lowest BCUT2D eigenvalue weighted by molar-refractivity contribution is 0.0686. The Bertz CT molecular complexity index is 1030. The fourth-order valence-corrected chi connectivity index (χ4v) is 3.81. The molecule has 0 spiro atoms. The van der Waals surface area contributed by atoms with Crippen molar-refractivity contribution in [2.45, 2.75) is 15.7 Å². The molecule has 26 heavy (non-hydrogen) atoms. The molecule has 2 N–H and O–H groups in total. The second-order valence-corrected chi connectivity index (χ2v) is 8.58. The highest BCUT2D eigenvalue weighted by Crippen LogP contribution is 2.26. The molecule has 2 aromatic carbocycles. The van der Waals surface area contributed by atoms with E-state index in [0.717, 1.165) is 16.7 Å². The molecule has 0 amide bonds. The Morgan fingerprint density at radius 3 is 2.19 bits per heavy atom. The lowest BCUT2D eigenvalue weighted by Gasteiger charge is -2.05. The Morgan fingerprint density at radius 1 is 1.08 bits per heavy atom. The summed E-state index contributed by atoms with van der Waals surface area (Å²) in [6.45, 7) is 0. The number of thioether (sulfide) groups is 1. The van der Waals surface area contributed by atoms with Crippen molar-refractivity contribution >= 4 is 27.6 Å². The topological polar surface area (TPSA) is 113 Å². The first-order chi connectivity index (χ1) is 12.3. The standard InChI is InChI=1S/C17H15N3O4S2/c1-26(23,24)14-8-6-13(7-9-14)12-4-2-11(3-5-12)10-25-16-15(17(21)22)18-20-19-16/h2-9H,10H2,1H3,(H,21,22)(H,18,19,20). The maximum absolute atomic E-state index is 11.5. The minimum absolute atomic E-state index is 0.0856. The van der Waals surface area contributed by atoms with Crippen LogP contribution in [0.1, 0.15) is 16.1 Å². The highest BCUT2D eigenvalue weighted by molar-refractivity contribution is 7.98. The van der Waals surface area contributed by atoms with Crippen LogP contribution in [0.4, 0.5) is 0 Å². The summed E-state index contributed by atoms with van der Waals surface area (Å²) in [6.07, 6.45) is 1.18. The van der Waals surface area contributed by atoms with Crippen LogP contribution in [-0.2, 0) is 15.6 Å². The highest BCUT2D eigenvalue weighted by atomic mass is 32.2. The smallest absolute Gasteiger partial charge is 0.359 e. The summed E-state index contributed by atoms with van der Waals surface area (Å²) in [6, 6.07) is 14.5. The summed E-state index contributed by atoms with van der Waals surface area (Å²) in [5.74, 6) is -0.550. The third-order valence-electron chi connectivity index (χ3n) is 3.67. The van der Waals surface area contributed by atoms with Crippen LogP contribution in [0.3, 0.4) is 0 Å². The number of nitrogens with one attached hydrogen (secondary N) is 1. The van der Waals surface area contributed by atoms with Crippen molar-refractivity contribution in [2.24, 2.45) is 0 Å². The molecule has 3 aromatic rings. The number of carbonyl (C=O) groups is 1. The summed E-state index contributed by atoms with van der Waals surface area (Å²) in [7, 11) is -3.20. The lowest BCUT2D eigenvalue weighted by atomic mass is 10.0. The minimum Gasteiger partial charge on any atom is -0.476 e. The zero-order valence-corrected chi connectivity index (χ0v) is 15.3. The SMILES string of the molecule is CS(=O)(=O)c1ccc(-c2ccc(CSc3[nH]nnc3C(=O)O)cc2)cc1. The summed E-state index contributed by atoms with van der Waals surface area (Å²) in [4.78, 5) is 11.3. The number of nitrogens with zero attached hydrogens (tertiary/aromatic N) is 2. The van der Waals surface area contributed by atoms with E-state index < -0.39 is 15.8 Å². The van der Waals surface area contributed by atoms with Gasteiger partial charge in [0.05, 0.1) is 4.90 Å². The largest absolute Gasteiger partial charge is 0.476 e. The lowest BCUT2D eigenvalue weighted by Crippen LogP contribution is -1.98. The first-order valence-corrected chi connectivity index (χ1v) is 10.4. The Morgan fingerprint density at radius 2 is 1.65 bits per heavy atom. The number of benzene rings is 2. The second-order valence-electron chi connectivity index (χ2n) is 5.58. The Balaban J connectivity index is 1.70. The number of sulfone groups is 1. The zero-order valence-electron chi connectivity index (χ0n) is 13.7. The number of aromatic amines is 1. The highest BCUT2D eigenvalue weighted by Gasteiger charge is 2.15. The maximum atomic E-state index is 11.5. The molecule has 0 aliphatic rings. The van der Waals surface area contributed by atoms with E-state index in [4.69, 9.17) is 5.11 Å². The van der Waals surface area contributed by atoms with Gasteiger partial charge >= 0.3 is 5.97 Å². The van der Waals surface area contributed by atoms with Crippen molar-refractivity contribution in [1.29, 1.82) is 0 Å². The molecule has 0 bridgehead atoms. The fourth-order valence-electron chi connectivity index (χ4n) is 2.30. The molecule has 0 saturated carbocycles. The number of rotatable bonds is 6. The van der Waals surface area contributed by atoms with Crippen LogP contribution < -0.4 is 0 Å². The minimum atomic E-state index is -3.20. The van der Waals surface area contributed by atoms with Crippen molar-refractivity contribution in [3.63, 3.8) is 0 Å². The third-order valence-corrected chi connectivity index (χ3v) is 5.85. The van der Waals surface area contributed by atoms with Crippen LogP contribution in [0.25, 0.3) is 11.1 Å². The average molecular weight is 389 g/mol. The van der Waals surface area contributed by atoms with Gasteiger partial charge in [-0.25, -0.2) is 13.2 Å². The first-order valence-electron chi connectivity index (χ1n) is 7.51. The van der Waals surface area contributed by atoms with Crippen LogP contribution in [0.5, 0.6) is 0 Å². The van der Waals surface area contributed by atoms with Gasteiger partial charge in [-0.05, 0) is 28.8 Å². The number of hydrogen-bond acceptors (Lipinski definition) is 6. The van der Waals surface area contributed by atoms with Crippen molar-refractivity contribution in [2.75, 3.05) is 6.26 Å². The first kappa shape index (κ1) is 18.2. The van der Waals surface area contributed by atoms with Gasteiger partial charge in [0.15, 0.2) is 9.84 Å². The molecule has 0 fully saturated rings. The predicted molar refractivity (Wildman–Crippen MR) is 97.9 cm³/mol. The van der Waals surface area contributed by atoms with E-state index in [1.807, 2.05) is 24.3 Å². The van der Waals surface area contributed by atoms with Crippen molar-refractivity contribution < 1.29 is 18.3 Å². The van der Waals surface area contributed by atoms with Gasteiger partial charge in [-0.15, -0.1) is 5.10 Å². The quantitative estimate of drug-likeness (QED) is 0.623. The molecule has 0 radical (unpaired) electrons. The molecule has 0 atom stereocenters. The predicted octanol–water partition coefficient (Wildman–Crippen LogP) is 2.87. The van der Waals surface area contributed by atoms with Crippen LogP contribution in [0.15, 0.2) is 58.5 Å². The fraction of sp³-hybridized carbons (Fsp3) is 0.118. The molecule has 0 aliphatic carbocycles. The van der Waals surface area contributed by atoms with Gasteiger partial charge in [-0.2, -0.15) is 0 Å². The molecular formula is C17H15N3O4S2. The number of hydrogen-bond donors (Lipinski definition) is 2. The van der Waals surface area contributed by atoms with E-state index in [9.17, 15) is 13.2 Å². The van der Waals surface area contributed by atoms with Crippen LogP contribution in [0.2, 0.25) is 0 Å². The number of carboxylic acids is 1. The normalized spacial score (nSPS) is 11.4. The summed E-state index contributed by atoms with van der Waals surface area (Å²) < 4.78 is 23.0. The van der Waals surface area contributed by atoms with Crippen molar-refractivity contribution in [3.8, 4) is 11.1 Å². The molecule has 134 valence electrons. The average Bonchev–Trinajstić information content (AvgIpc) is 3.09. The molecule has 0 aliphatic heterocycles. The Labute approximate surface area is 154 Å². The molecular weight excluding hydrogens is 374 g/mol. The van der Waals surface area contributed by atoms with E-state index >= 15 is 0 Å². The number of carboxylic acid groups (broad SMARTS) is 1. The van der Waals surface area contributed by atoms with E-state index in [-0.39, 0.29) is 10.6 Å². The molecule has 9 heteroatoms. The van der Waals surface area contributed by atoms with Crippen LogP contribution >= 0.6 is 11.8 Å². The molecule has 1 heterocycles. The maximum Gasteiger partial charge on any atom is 0.359 e. The Kier molecular flexibility index (Phi) is 5.10. The van der Waals surface area contributed by atoms with Gasteiger partial charge in [0, 0.05) is 12.0 Å². The summed E-state index contributed by atoms with van der Waals surface area (Å²) >= 11 is 1.31. The number of aromatic carboxylic acids is 1. The summed E-state index contributed by atoms with van der Waals surface area (Å²) in [5, 5.41) is 19.1. The van der Waals surface area contributed by atoms with Crippen molar-refractivity contribution in [3.05, 3.63) is 59.8 Å². The molecule has 3 rings (SSSR count). The monoisotopic (exact) mass is 389 g/mol. The van der Waals surface area contributed by atoms with E-state index in [1.165, 1.54) is 18.0 Å². The van der Waals surface area contributed by atoms with E-state index in [1.54, 1.807) is 24.3 Å². The Hall–Kier alpha value is -2.65. The number of H-pyrrole nitrogens is 1. The van der Waals surface area contributed by atoms with Gasteiger partial charge in [-0.1, -0.05) is 53.4 Å². The second kappa shape index (κ2) is 7.30. The van der Waals surface area contributed by atoms with Crippen LogP contribution in [0, 0.1) is 0 Å². The van der Waals surface area contributed by atoms with E-state index in [2.05, 4.69) is 15.4 Å². The van der Waals surface area contributed by atoms with Gasteiger partial charge in [0.2, 0.25) is 5.69 Å². The number of aromatic nitrogens is 3. The third kappa shape index (κ3) is 4.12. The molecule has 0 unspecified atom stereocenters. The van der Waals surface area contributed by atoms with Crippen molar-refractivity contribution in [1.82, 2.24) is 15.4 Å². The molecule has 7 nitrogen and oxygen atoms in total.